The highest BCUT2D eigenvalue weighted by atomic mass is 16.5. The maximum atomic E-state index is 5.89. The van der Waals surface area contributed by atoms with Crippen LogP contribution in [0.1, 0.15) is 22.8 Å². The van der Waals surface area contributed by atoms with Crippen molar-refractivity contribution in [3.05, 3.63) is 71.3 Å². The van der Waals surface area contributed by atoms with Gasteiger partial charge in [0.15, 0.2) is 0 Å². The SMILES string of the molecule is Cc1cccc(C(CN)OCc2ccccc2)c1. The molecule has 0 aliphatic carbocycles. The fourth-order valence-electron chi connectivity index (χ4n) is 1.94. The van der Waals surface area contributed by atoms with Gasteiger partial charge in [-0.05, 0) is 18.1 Å². The van der Waals surface area contributed by atoms with Gasteiger partial charge in [0.1, 0.15) is 0 Å². The molecule has 0 bridgehead atoms. The highest BCUT2D eigenvalue weighted by molar-refractivity contribution is 5.24. The first kappa shape index (κ1) is 12.8. The van der Waals surface area contributed by atoms with Crippen molar-refractivity contribution in [1.82, 2.24) is 0 Å². The van der Waals surface area contributed by atoms with Gasteiger partial charge in [-0.3, -0.25) is 0 Å². The van der Waals surface area contributed by atoms with Crippen LogP contribution >= 0.6 is 0 Å². The molecular weight excluding hydrogens is 222 g/mol. The van der Waals surface area contributed by atoms with E-state index in [2.05, 4.69) is 37.3 Å². The Hall–Kier alpha value is -1.64. The molecule has 1 atom stereocenters. The fourth-order valence-corrected chi connectivity index (χ4v) is 1.94. The van der Waals surface area contributed by atoms with Gasteiger partial charge in [0.25, 0.3) is 0 Å². The molecule has 0 aliphatic heterocycles. The van der Waals surface area contributed by atoms with Gasteiger partial charge in [0.2, 0.25) is 0 Å². The van der Waals surface area contributed by atoms with Crippen molar-refractivity contribution in [3.63, 3.8) is 0 Å². The maximum Gasteiger partial charge on any atom is 0.0951 e. The molecule has 2 N–H and O–H groups in total. The number of ether oxygens (including phenoxy) is 1. The molecule has 2 rings (SSSR count). The quantitative estimate of drug-likeness (QED) is 0.872. The highest BCUT2D eigenvalue weighted by Gasteiger charge is 2.10. The summed E-state index contributed by atoms with van der Waals surface area (Å²) in [6.45, 7) is 3.17. The summed E-state index contributed by atoms with van der Waals surface area (Å²) in [4.78, 5) is 0. The Bertz CT molecular complexity index is 481. The molecule has 2 aromatic rings. The molecule has 0 saturated carbocycles. The van der Waals surface area contributed by atoms with E-state index in [0.29, 0.717) is 13.2 Å². The summed E-state index contributed by atoms with van der Waals surface area (Å²) in [5, 5.41) is 0. The lowest BCUT2D eigenvalue weighted by atomic mass is 10.1. The van der Waals surface area contributed by atoms with Crippen LogP contribution in [0.25, 0.3) is 0 Å². The Balaban J connectivity index is 2.02. The van der Waals surface area contributed by atoms with Gasteiger partial charge in [0.05, 0.1) is 12.7 Å². The first-order valence-electron chi connectivity index (χ1n) is 6.22. The smallest absolute Gasteiger partial charge is 0.0951 e. The maximum absolute atomic E-state index is 5.89. The third-order valence-electron chi connectivity index (χ3n) is 2.92. The van der Waals surface area contributed by atoms with E-state index in [4.69, 9.17) is 10.5 Å². The molecule has 0 heterocycles. The molecular formula is C16H19NO. The van der Waals surface area contributed by atoms with Crippen LogP contribution in [0.4, 0.5) is 0 Å². The van der Waals surface area contributed by atoms with E-state index in [9.17, 15) is 0 Å². The minimum absolute atomic E-state index is 0.0369. The third-order valence-corrected chi connectivity index (χ3v) is 2.92. The molecule has 0 saturated heterocycles. The number of nitrogens with two attached hydrogens (primary N) is 1. The molecule has 94 valence electrons. The number of benzene rings is 2. The lowest BCUT2D eigenvalue weighted by Crippen LogP contribution is -2.15. The van der Waals surface area contributed by atoms with Crippen molar-refractivity contribution < 1.29 is 4.74 Å². The van der Waals surface area contributed by atoms with E-state index in [1.807, 2.05) is 24.3 Å². The largest absolute Gasteiger partial charge is 0.368 e. The van der Waals surface area contributed by atoms with Crippen LogP contribution in [0.2, 0.25) is 0 Å². The normalized spacial score (nSPS) is 12.3. The molecule has 0 amide bonds. The van der Waals surface area contributed by atoms with Crippen LogP contribution in [-0.4, -0.2) is 6.54 Å². The summed E-state index contributed by atoms with van der Waals surface area (Å²) >= 11 is 0. The van der Waals surface area contributed by atoms with Crippen LogP contribution in [0.3, 0.4) is 0 Å². The number of hydrogen-bond acceptors (Lipinski definition) is 2. The molecule has 0 fully saturated rings. The minimum atomic E-state index is -0.0369. The molecule has 0 aromatic heterocycles. The average Bonchev–Trinajstić information content (AvgIpc) is 2.41. The van der Waals surface area contributed by atoms with Crippen LogP contribution < -0.4 is 5.73 Å². The van der Waals surface area contributed by atoms with Gasteiger partial charge in [0, 0.05) is 6.54 Å². The number of aryl methyl sites for hydroxylation is 1. The molecule has 2 aromatic carbocycles. The van der Waals surface area contributed by atoms with E-state index < -0.39 is 0 Å². The summed E-state index contributed by atoms with van der Waals surface area (Å²) < 4.78 is 5.89. The van der Waals surface area contributed by atoms with Crippen LogP contribution in [0.15, 0.2) is 54.6 Å². The molecule has 2 heteroatoms. The second-order valence-electron chi connectivity index (χ2n) is 4.44. The van der Waals surface area contributed by atoms with Crippen molar-refractivity contribution in [3.8, 4) is 0 Å². The molecule has 2 nitrogen and oxygen atoms in total. The first-order chi connectivity index (χ1) is 8.79. The van der Waals surface area contributed by atoms with Gasteiger partial charge < -0.3 is 10.5 Å². The van der Waals surface area contributed by atoms with E-state index >= 15 is 0 Å². The highest BCUT2D eigenvalue weighted by Crippen LogP contribution is 2.19. The number of rotatable bonds is 5. The Labute approximate surface area is 108 Å². The van der Waals surface area contributed by atoms with Crippen molar-refractivity contribution in [2.75, 3.05) is 6.54 Å². The van der Waals surface area contributed by atoms with E-state index in [1.165, 1.54) is 11.1 Å². The van der Waals surface area contributed by atoms with E-state index in [0.717, 1.165) is 5.56 Å². The molecule has 1 unspecified atom stereocenters. The number of hydrogen-bond donors (Lipinski definition) is 1. The van der Waals surface area contributed by atoms with Gasteiger partial charge in [-0.25, -0.2) is 0 Å². The van der Waals surface area contributed by atoms with E-state index in [1.54, 1.807) is 0 Å². The summed E-state index contributed by atoms with van der Waals surface area (Å²) in [6, 6.07) is 18.5. The lowest BCUT2D eigenvalue weighted by molar-refractivity contribution is 0.0456. The predicted octanol–water partition coefficient (Wildman–Crippen LogP) is 3.21. The molecule has 0 radical (unpaired) electrons. The molecule has 0 spiro atoms. The fraction of sp³-hybridized carbons (Fsp3) is 0.250. The Kier molecular flexibility index (Phi) is 4.51. The Morgan fingerprint density at radius 1 is 1.06 bits per heavy atom. The third kappa shape index (κ3) is 3.42. The Morgan fingerprint density at radius 3 is 2.50 bits per heavy atom. The van der Waals surface area contributed by atoms with Crippen LogP contribution in [0.5, 0.6) is 0 Å². The van der Waals surface area contributed by atoms with Crippen molar-refractivity contribution in [2.24, 2.45) is 5.73 Å². The van der Waals surface area contributed by atoms with E-state index in [-0.39, 0.29) is 6.10 Å². The second-order valence-corrected chi connectivity index (χ2v) is 4.44. The monoisotopic (exact) mass is 241 g/mol. The zero-order chi connectivity index (χ0) is 12.8. The first-order valence-corrected chi connectivity index (χ1v) is 6.22. The standard InChI is InChI=1S/C16H19NO/c1-13-6-5-9-15(10-13)16(11-17)18-12-14-7-3-2-4-8-14/h2-10,16H,11-12,17H2,1H3. The zero-order valence-corrected chi connectivity index (χ0v) is 10.7. The van der Waals surface area contributed by atoms with Crippen molar-refractivity contribution in [1.29, 1.82) is 0 Å². The molecule has 18 heavy (non-hydrogen) atoms. The lowest BCUT2D eigenvalue weighted by Gasteiger charge is -2.17. The summed E-state index contributed by atoms with van der Waals surface area (Å²) in [5.74, 6) is 0. The van der Waals surface area contributed by atoms with Gasteiger partial charge in [-0.1, -0.05) is 60.2 Å². The summed E-state index contributed by atoms with van der Waals surface area (Å²) in [6.07, 6.45) is -0.0369. The summed E-state index contributed by atoms with van der Waals surface area (Å²) in [5.41, 5.74) is 9.34. The summed E-state index contributed by atoms with van der Waals surface area (Å²) in [7, 11) is 0. The van der Waals surface area contributed by atoms with Crippen molar-refractivity contribution >= 4 is 0 Å². The van der Waals surface area contributed by atoms with Gasteiger partial charge in [-0.15, -0.1) is 0 Å². The van der Waals surface area contributed by atoms with Crippen molar-refractivity contribution in [2.45, 2.75) is 19.6 Å². The Morgan fingerprint density at radius 2 is 1.83 bits per heavy atom. The van der Waals surface area contributed by atoms with Gasteiger partial charge in [-0.2, -0.15) is 0 Å². The van der Waals surface area contributed by atoms with Crippen LogP contribution in [-0.2, 0) is 11.3 Å². The van der Waals surface area contributed by atoms with Gasteiger partial charge >= 0.3 is 0 Å². The average molecular weight is 241 g/mol. The second kappa shape index (κ2) is 6.34. The van der Waals surface area contributed by atoms with Crippen LogP contribution in [0, 0.1) is 6.92 Å². The minimum Gasteiger partial charge on any atom is -0.368 e. The zero-order valence-electron chi connectivity index (χ0n) is 10.7. The topological polar surface area (TPSA) is 35.2 Å². The molecule has 0 aliphatic rings. The predicted molar refractivity (Wildman–Crippen MR) is 74.2 cm³/mol.